The van der Waals surface area contributed by atoms with Crippen molar-refractivity contribution in [2.24, 2.45) is 0 Å². The maximum atomic E-state index is 4.84. The number of nitrogens with one attached hydrogen (secondary N) is 1. The fourth-order valence-electron chi connectivity index (χ4n) is 2.97. The van der Waals surface area contributed by atoms with Crippen molar-refractivity contribution in [3.05, 3.63) is 23.9 Å². The molecule has 2 aliphatic heterocycles. The second-order valence-electron chi connectivity index (χ2n) is 5.93. The zero-order valence-electron chi connectivity index (χ0n) is 11.5. The molecule has 0 saturated carbocycles. The molecule has 0 amide bonds. The van der Waals surface area contributed by atoms with Gasteiger partial charge in [0, 0.05) is 13.1 Å². The summed E-state index contributed by atoms with van der Waals surface area (Å²) in [6.45, 7) is 8.82. The first-order valence-electron chi connectivity index (χ1n) is 6.79. The molecule has 3 heteroatoms. The average molecular weight is 243 g/mol. The van der Waals surface area contributed by atoms with E-state index >= 15 is 0 Å². The Morgan fingerprint density at radius 1 is 1.22 bits per heavy atom. The zero-order valence-corrected chi connectivity index (χ0v) is 11.5. The van der Waals surface area contributed by atoms with Crippen LogP contribution in [0.4, 0.5) is 11.5 Å². The van der Waals surface area contributed by atoms with Crippen molar-refractivity contribution in [2.75, 3.05) is 23.3 Å². The van der Waals surface area contributed by atoms with Gasteiger partial charge >= 0.3 is 0 Å². The Kier molecular flexibility index (Phi) is 2.58. The van der Waals surface area contributed by atoms with Crippen LogP contribution >= 0.6 is 0 Å². The summed E-state index contributed by atoms with van der Waals surface area (Å²) in [6, 6.07) is 4.32. The van der Waals surface area contributed by atoms with E-state index in [9.17, 15) is 0 Å². The van der Waals surface area contributed by atoms with Crippen LogP contribution in [0.15, 0.2) is 18.2 Å². The van der Waals surface area contributed by atoms with E-state index in [1.807, 2.05) is 0 Å². The lowest BCUT2D eigenvalue weighted by atomic mass is 9.94. The Labute approximate surface area is 109 Å². The molecule has 1 N–H and O–H groups in total. The van der Waals surface area contributed by atoms with Crippen LogP contribution in [0.3, 0.4) is 0 Å². The number of allylic oxidation sites excluding steroid dienone is 1. The Bertz CT molecular complexity index is 496. The lowest BCUT2D eigenvalue weighted by molar-refractivity contribution is 0.705. The fraction of sp³-hybridized carbons (Fsp3) is 0.533. The van der Waals surface area contributed by atoms with Gasteiger partial charge in [-0.3, -0.25) is 0 Å². The molecule has 0 radical (unpaired) electrons. The molecule has 18 heavy (non-hydrogen) atoms. The van der Waals surface area contributed by atoms with Gasteiger partial charge in [-0.05, 0) is 51.3 Å². The number of pyridine rings is 1. The van der Waals surface area contributed by atoms with Gasteiger partial charge in [-0.2, -0.15) is 0 Å². The van der Waals surface area contributed by atoms with Gasteiger partial charge in [0.15, 0.2) is 0 Å². The van der Waals surface area contributed by atoms with E-state index in [4.69, 9.17) is 4.98 Å². The number of hydrogen-bond acceptors (Lipinski definition) is 3. The molecule has 0 spiro atoms. The van der Waals surface area contributed by atoms with Gasteiger partial charge in [0.2, 0.25) is 0 Å². The molecule has 3 rings (SSSR count). The topological polar surface area (TPSA) is 28.2 Å². The maximum absolute atomic E-state index is 4.84. The highest BCUT2D eigenvalue weighted by molar-refractivity contribution is 5.78. The summed E-state index contributed by atoms with van der Waals surface area (Å²) in [7, 11) is 0. The van der Waals surface area contributed by atoms with Crippen molar-refractivity contribution in [2.45, 2.75) is 39.2 Å². The standard InChI is InChI=1S/C15H21N3/c1-11-10-15(2,3)17-12-6-7-13(16-14(11)12)18-8-4-5-9-18/h6-7,10,17H,4-5,8-9H2,1-3H3. The first kappa shape index (κ1) is 11.6. The van der Waals surface area contributed by atoms with Crippen molar-refractivity contribution in [1.82, 2.24) is 4.98 Å². The molecule has 1 aromatic rings. The van der Waals surface area contributed by atoms with Gasteiger partial charge in [-0.15, -0.1) is 0 Å². The van der Waals surface area contributed by atoms with Crippen molar-refractivity contribution >= 4 is 17.1 Å². The highest BCUT2D eigenvalue weighted by Crippen LogP contribution is 2.34. The van der Waals surface area contributed by atoms with E-state index < -0.39 is 0 Å². The summed E-state index contributed by atoms with van der Waals surface area (Å²) in [6.07, 6.45) is 4.84. The van der Waals surface area contributed by atoms with E-state index in [2.05, 4.69) is 49.2 Å². The van der Waals surface area contributed by atoms with Gasteiger partial charge in [-0.25, -0.2) is 4.98 Å². The van der Waals surface area contributed by atoms with E-state index in [1.54, 1.807) is 0 Å². The minimum Gasteiger partial charge on any atom is -0.375 e. The molecule has 0 aliphatic carbocycles. The van der Waals surface area contributed by atoms with Crippen LogP contribution < -0.4 is 10.2 Å². The lowest BCUT2D eigenvalue weighted by Gasteiger charge is -2.31. The zero-order chi connectivity index (χ0) is 12.8. The Morgan fingerprint density at radius 3 is 2.67 bits per heavy atom. The molecule has 1 fully saturated rings. The predicted octanol–water partition coefficient (Wildman–Crippen LogP) is 3.29. The highest BCUT2D eigenvalue weighted by atomic mass is 15.2. The van der Waals surface area contributed by atoms with Crippen LogP contribution in [0, 0.1) is 0 Å². The third-order valence-electron chi connectivity index (χ3n) is 3.72. The van der Waals surface area contributed by atoms with Crippen molar-refractivity contribution in [3.8, 4) is 0 Å². The molecular weight excluding hydrogens is 222 g/mol. The third-order valence-corrected chi connectivity index (χ3v) is 3.72. The quantitative estimate of drug-likeness (QED) is 0.820. The molecule has 1 saturated heterocycles. The van der Waals surface area contributed by atoms with Crippen LogP contribution in [0.5, 0.6) is 0 Å². The van der Waals surface area contributed by atoms with Gasteiger partial charge in [0.05, 0.1) is 16.9 Å². The monoisotopic (exact) mass is 243 g/mol. The summed E-state index contributed by atoms with van der Waals surface area (Å²) in [5.74, 6) is 1.13. The molecule has 1 aromatic heterocycles. The van der Waals surface area contributed by atoms with Crippen LogP contribution in [0.25, 0.3) is 5.57 Å². The lowest BCUT2D eigenvalue weighted by Crippen LogP contribution is -2.32. The van der Waals surface area contributed by atoms with Gasteiger partial charge < -0.3 is 10.2 Å². The predicted molar refractivity (Wildman–Crippen MR) is 77.0 cm³/mol. The van der Waals surface area contributed by atoms with Crippen molar-refractivity contribution in [1.29, 1.82) is 0 Å². The molecule has 0 bridgehead atoms. The number of nitrogens with zero attached hydrogens (tertiary/aromatic N) is 2. The largest absolute Gasteiger partial charge is 0.375 e. The average Bonchev–Trinajstić information content (AvgIpc) is 2.80. The van der Waals surface area contributed by atoms with E-state index in [1.165, 1.54) is 18.4 Å². The molecule has 96 valence electrons. The summed E-state index contributed by atoms with van der Waals surface area (Å²) in [5, 5.41) is 3.53. The maximum Gasteiger partial charge on any atom is 0.129 e. The first-order valence-corrected chi connectivity index (χ1v) is 6.79. The van der Waals surface area contributed by atoms with Gasteiger partial charge in [0.25, 0.3) is 0 Å². The van der Waals surface area contributed by atoms with Gasteiger partial charge in [-0.1, -0.05) is 6.08 Å². The SMILES string of the molecule is CC1=CC(C)(C)Nc2ccc(N3CCCC3)nc21. The number of hydrogen-bond donors (Lipinski definition) is 1. The van der Waals surface area contributed by atoms with Crippen molar-refractivity contribution in [3.63, 3.8) is 0 Å². The van der Waals surface area contributed by atoms with Gasteiger partial charge in [0.1, 0.15) is 5.82 Å². The summed E-state index contributed by atoms with van der Waals surface area (Å²) in [4.78, 5) is 7.22. The minimum atomic E-state index is 0.0218. The number of aromatic nitrogens is 1. The Hall–Kier alpha value is -1.51. The van der Waals surface area contributed by atoms with Crippen LogP contribution in [-0.4, -0.2) is 23.6 Å². The summed E-state index contributed by atoms with van der Waals surface area (Å²) in [5.41, 5.74) is 3.56. The number of fused-ring (bicyclic) bond motifs is 1. The van der Waals surface area contributed by atoms with Crippen molar-refractivity contribution < 1.29 is 0 Å². The van der Waals surface area contributed by atoms with Crippen LogP contribution in [-0.2, 0) is 0 Å². The smallest absolute Gasteiger partial charge is 0.129 e. The summed E-state index contributed by atoms with van der Waals surface area (Å²) < 4.78 is 0. The second-order valence-corrected chi connectivity index (χ2v) is 5.93. The van der Waals surface area contributed by atoms with Crippen LogP contribution in [0.2, 0.25) is 0 Å². The van der Waals surface area contributed by atoms with E-state index in [-0.39, 0.29) is 5.54 Å². The third kappa shape index (κ3) is 1.98. The molecule has 3 nitrogen and oxygen atoms in total. The molecule has 3 heterocycles. The molecule has 0 atom stereocenters. The fourth-order valence-corrected chi connectivity index (χ4v) is 2.97. The number of rotatable bonds is 1. The second kappa shape index (κ2) is 4.01. The Balaban J connectivity index is 1.98. The van der Waals surface area contributed by atoms with E-state index in [0.29, 0.717) is 0 Å². The molecular formula is C15H21N3. The highest BCUT2D eigenvalue weighted by Gasteiger charge is 2.24. The Morgan fingerprint density at radius 2 is 1.94 bits per heavy atom. The molecule has 0 unspecified atom stereocenters. The number of anilines is 2. The molecule has 0 aromatic carbocycles. The minimum absolute atomic E-state index is 0.0218. The first-order chi connectivity index (χ1) is 8.55. The van der Waals surface area contributed by atoms with E-state index in [0.717, 1.165) is 30.3 Å². The summed E-state index contributed by atoms with van der Waals surface area (Å²) >= 11 is 0. The molecule has 2 aliphatic rings. The van der Waals surface area contributed by atoms with Crippen LogP contribution in [0.1, 0.15) is 39.3 Å². The normalized spacial score (nSPS) is 21.3.